The van der Waals surface area contributed by atoms with Crippen molar-refractivity contribution in [3.8, 4) is 11.5 Å². The first kappa shape index (κ1) is 35.1. The van der Waals surface area contributed by atoms with Crippen molar-refractivity contribution in [1.29, 1.82) is 0 Å². The van der Waals surface area contributed by atoms with Crippen LogP contribution in [0.3, 0.4) is 0 Å². The van der Waals surface area contributed by atoms with Crippen molar-refractivity contribution >= 4 is 54.2 Å². The van der Waals surface area contributed by atoms with Gasteiger partial charge in [-0.1, -0.05) is 47.5 Å². The highest BCUT2D eigenvalue weighted by Crippen LogP contribution is 2.41. The van der Waals surface area contributed by atoms with Crippen LogP contribution in [0.1, 0.15) is 60.5 Å². The smallest absolute Gasteiger partial charge is 0.320 e. The number of urea groups is 1. The second-order valence-corrected chi connectivity index (χ2v) is 19.7. The second kappa shape index (κ2) is 14.9. The molecule has 1 atom stereocenters. The molecular weight excluding hydrogens is 619 g/mol. The van der Waals surface area contributed by atoms with E-state index in [0.717, 1.165) is 42.8 Å². The van der Waals surface area contributed by atoms with Crippen molar-refractivity contribution in [2.24, 2.45) is 0 Å². The maximum absolute atomic E-state index is 13.1. The molecule has 4 heterocycles. The third-order valence-electron chi connectivity index (χ3n) is 10.0. The number of benzene rings is 1. The number of fused-ring (bicyclic) bond motifs is 1. The molecule has 0 bridgehead atoms. The van der Waals surface area contributed by atoms with Crippen LogP contribution in [-0.4, -0.2) is 97.1 Å². The number of hydrogen-bond donors (Lipinski definition) is 3. The molecule has 0 unspecified atom stereocenters. The molecule has 0 saturated carbocycles. The minimum absolute atomic E-state index is 0.0120. The van der Waals surface area contributed by atoms with Crippen LogP contribution < -0.4 is 20.9 Å². The number of carbonyl (C=O) groups is 2. The monoisotopic (exact) mass is 669 g/mol. The van der Waals surface area contributed by atoms with E-state index < -0.39 is 8.07 Å². The van der Waals surface area contributed by atoms with Gasteiger partial charge >= 0.3 is 6.03 Å². The van der Waals surface area contributed by atoms with Gasteiger partial charge in [0.1, 0.15) is 13.9 Å². The van der Waals surface area contributed by atoms with E-state index >= 15 is 0 Å². The molecule has 2 aromatic heterocycles. The van der Waals surface area contributed by atoms with E-state index in [9.17, 15) is 9.59 Å². The van der Waals surface area contributed by atoms with Crippen molar-refractivity contribution < 1.29 is 9.59 Å². The van der Waals surface area contributed by atoms with Gasteiger partial charge in [0, 0.05) is 75.4 Å². The number of carbonyl (C=O) groups excluding carboxylic acids is 2. The van der Waals surface area contributed by atoms with E-state index in [0.29, 0.717) is 53.5 Å². The zero-order valence-electron chi connectivity index (χ0n) is 29.7. The number of nitrogens with one attached hydrogen (secondary N) is 3. The molecule has 2 fully saturated rings. The van der Waals surface area contributed by atoms with Gasteiger partial charge in [-0.05, 0) is 60.4 Å². The number of pyridine rings is 1. The summed E-state index contributed by atoms with van der Waals surface area (Å²) >= 11 is 0. The largest absolute Gasteiger partial charge is 0.369 e. The van der Waals surface area contributed by atoms with Gasteiger partial charge < -0.3 is 25.3 Å². The van der Waals surface area contributed by atoms with E-state index in [1.165, 1.54) is 5.69 Å². The lowest BCUT2D eigenvalue weighted by Gasteiger charge is -2.38. The Morgan fingerprint density at radius 1 is 0.938 bits per heavy atom. The zero-order chi connectivity index (χ0) is 34.6. The summed E-state index contributed by atoms with van der Waals surface area (Å²) in [6, 6.07) is 9.64. The summed E-state index contributed by atoms with van der Waals surface area (Å²) in [6.07, 6.45) is 2.47. The zero-order valence-corrected chi connectivity index (χ0v) is 30.7. The van der Waals surface area contributed by atoms with Gasteiger partial charge in [-0.15, -0.1) is 5.54 Å². The number of aromatic nitrogens is 3. The first-order valence-electron chi connectivity index (χ1n) is 17.2. The Hall–Kier alpha value is -4.21. The highest BCUT2D eigenvalue weighted by atomic mass is 28.3. The summed E-state index contributed by atoms with van der Waals surface area (Å²) in [4.78, 5) is 45.5. The molecule has 11 nitrogen and oxygen atoms in total. The van der Waals surface area contributed by atoms with Crippen LogP contribution >= 0.6 is 0 Å². The summed E-state index contributed by atoms with van der Waals surface area (Å²) in [6.45, 7) is 20.5. The molecule has 3 amide bonds. The fourth-order valence-electron chi connectivity index (χ4n) is 7.30. The van der Waals surface area contributed by atoms with Gasteiger partial charge in [-0.25, -0.2) is 14.8 Å². The number of rotatable bonds is 8. The maximum atomic E-state index is 13.1. The fourth-order valence-corrected chi connectivity index (χ4v) is 12.5. The Kier molecular flexibility index (Phi) is 10.9. The fraction of sp³-hybridized carbons (Fsp3) is 0.528. The minimum atomic E-state index is -2.04. The van der Waals surface area contributed by atoms with Crippen molar-refractivity contribution in [2.45, 2.75) is 77.6 Å². The maximum Gasteiger partial charge on any atom is 0.320 e. The Labute approximate surface area is 286 Å². The Morgan fingerprint density at radius 3 is 2.21 bits per heavy atom. The molecule has 2 saturated heterocycles. The summed E-state index contributed by atoms with van der Waals surface area (Å²) in [7, 11) is 0.114. The third-order valence-corrected chi connectivity index (χ3v) is 16.3. The molecule has 2 aliphatic rings. The topological polar surface area (TPSA) is 119 Å². The minimum Gasteiger partial charge on any atom is -0.369 e. The van der Waals surface area contributed by atoms with Crippen LogP contribution in [0.5, 0.6) is 0 Å². The SMILES string of the molecule is CC(=O)N1CC[C@H](NC(=O)Nc2cc(C#C[Si](C(C)C)(C(C)C)C(C)C)c3cnc(Nc4ccc(N5CCN(C)CC5)cc4)nc3n2)C1. The average molecular weight is 670 g/mol. The van der Waals surface area contributed by atoms with Crippen LogP contribution in [0.25, 0.3) is 11.0 Å². The Bertz CT molecular complexity index is 1650. The van der Waals surface area contributed by atoms with E-state index in [-0.39, 0.29) is 18.0 Å². The molecule has 2 aliphatic heterocycles. The molecule has 3 aromatic rings. The first-order chi connectivity index (χ1) is 22.8. The molecule has 1 aromatic carbocycles. The molecule has 3 N–H and O–H groups in total. The number of anilines is 4. The lowest BCUT2D eigenvalue weighted by atomic mass is 10.2. The Morgan fingerprint density at radius 2 is 1.60 bits per heavy atom. The number of piperazine rings is 1. The lowest BCUT2D eigenvalue weighted by Crippen LogP contribution is -2.44. The van der Waals surface area contributed by atoms with Crippen LogP contribution in [0.15, 0.2) is 36.5 Å². The molecule has 0 radical (unpaired) electrons. The van der Waals surface area contributed by atoms with E-state index in [1.807, 2.05) is 18.2 Å². The van der Waals surface area contributed by atoms with E-state index in [4.69, 9.17) is 9.97 Å². The van der Waals surface area contributed by atoms with Gasteiger partial charge in [0.15, 0.2) is 5.65 Å². The van der Waals surface area contributed by atoms with E-state index in [1.54, 1.807) is 18.0 Å². The summed E-state index contributed by atoms with van der Waals surface area (Å²) in [5.41, 5.74) is 8.46. The summed E-state index contributed by atoms with van der Waals surface area (Å²) < 4.78 is 0. The molecule has 5 rings (SSSR count). The first-order valence-corrected chi connectivity index (χ1v) is 19.4. The highest BCUT2D eigenvalue weighted by Gasteiger charge is 2.41. The molecular formula is C36H51N9O2Si. The van der Waals surface area contributed by atoms with Crippen molar-refractivity contribution in [3.63, 3.8) is 0 Å². The van der Waals surface area contributed by atoms with Crippen molar-refractivity contribution in [2.75, 3.05) is 61.8 Å². The molecule has 256 valence electrons. The summed E-state index contributed by atoms with van der Waals surface area (Å²) in [5, 5.41) is 9.96. The van der Waals surface area contributed by atoms with Gasteiger partial charge in [-0.2, -0.15) is 4.98 Å². The van der Waals surface area contributed by atoms with Crippen molar-refractivity contribution in [1.82, 2.24) is 30.1 Å². The molecule has 12 heteroatoms. The summed E-state index contributed by atoms with van der Waals surface area (Å²) in [5.74, 6) is 4.32. The lowest BCUT2D eigenvalue weighted by molar-refractivity contribution is -0.127. The molecule has 48 heavy (non-hydrogen) atoms. The Balaban J connectivity index is 1.44. The van der Waals surface area contributed by atoms with Crippen LogP contribution in [0, 0.1) is 11.5 Å². The number of nitrogens with zero attached hydrogens (tertiary/aromatic N) is 6. The van der Waals surface area contributed by atoms with Gasteiger partial charge in [-0.3, -0.25) is 10.1 Å². The van der Waals surface area contributed by atoms with Crippen LogP contribution in [0.2, 0.25) is 16.6 Å². The van der Waals surface area contributed by atoms with Crippen LogP contribution in [0.4, 0.5) is 27.9 Å². The predicted octanol–water partition coefficient (Wildman–Crippen LogP) is 5.83. The third kappa shape index (κ3) is 7.90. The van der Waals surface area contributed by atoms with Gasteiger partial charge in [0.05, 0.1) is 5.39 Å². The standard InChI is InChI=1S/C36H51N9O2Si/c1-24(2)48(25(3)4,26(5)6)20-14-28-21-33(41-36(47)39-30-13-15-45(23-30)27(7)46)40-34-32(28)22-37-35(42-34)38-29-9-11-31(12-10-29)44-18-16-43(8)17-19-44/h9-12,21-22,24-26,30H,13,15-19,23H2,1-8H3,(H3,37,38,39,40,41,42,47)/t30-/m0/s1. The number of likely N-dealkylation sites (tertiary alicyclic amines) is 1. The normalized spacial score (nSPS) is 17.2. The number of likely N-dealkylation sites (N-methyl/N-ethyl adjacent to an activating group) is 1. The highest BCUT2D eigenvalue weighted by molar-refractivity contribution is 6.90. The number of amides is 3. The van der Waals surface area contributed by atoms with Crippen molar-refractivity contribution in [3.05, 3.63) is 42.1 Å². The quantitative estimate of drug-likeness (QED) is 0.203. The second-order valence-electron chi connectivity index (χ2n) is 14.1. The van der Waals surface area contributed by atoms with Crippen LogP contribution in [-0.2, 0) is 4.79 Å². The van der Waals surface area contributed by atoms with E-state index in [2.05, 4.69) is 103 Å². The average Bonchev–Trinajstić information content (AvgIpc) is 3.50. The van der Waals surface area contributed by atoms with Gasteiger partial charge in [0.2, 0.25) is 11.9 Å². The predicted molar refractivity (Wildman–Crippen MR) is 198 cm³/mol. The molecule has 0 spiro atoms. The number of hydrogen-bond acceptors (Lipinski definition) is 8. The molecule has 0 aliphatic carbocycles. The van der Waals surface area contributed by atoms with Gasteiger partial charge in [0.25, 0.3) is 0 Å².